The Morgan fingerprint density at radius 2 is 2.14 bits per heavy atom. The highest BCUT2D eigenvalue weighted by atomic mass is 16.4. The van der Waals surface area contributed by atoms with Crippen LogP contribution in [0.4, 0.5) is 0 Å². The molecule has 2 heterocycles. The van der Waals surface area contributed by atoms with Crippen LogP contribution in [0.3, 0.4) is 0 Å². The van der Waals surface area contributed by atoms with Crippen LogP contribution in [-0.4, -0.2) is 60.1 Å². The van der Waals surface area contributed by atoms with E-state index in [0.29, 0.717) is 19.3 Å². The van der Waals surface area contributed by atoms with Crippen molar-refractivity contribution in [3.05, 3.63) is 0 Å². The predicted molar refractivity (Wildman–Crippen MR) is 83.7 cm³/mol. The van der Waals surface area contributed by atoms with Gasteiger partial charge >= 0.3 is 5.97 Å². The summed E-state index contributed by atoms with van der Waals surface area (Å²) in [5, 5.41) is 27.8. The molecule has 0 aromatic rings. The van der Waals surface area contributed by atoms with Crippen LogP contribution in [0.15, 0.2) is 0 Å². The summed E-state index contributed by atoms with van der Waals surface area (Å²) in [6.45, 7) is 2.69. The van der Waals surface area contributed by atoms with Gasteiger partial charge < -0.3 is 26.1 Å². The van der Waals surface area contributed by atoms with Crippen molar-refractivity contribution in [1.82, 2.24) is 16.0 Å². The van der Waals surface area contributed by atoms with E-state index in [1.807, 2.05) is 0 Å². The minimum Gasteiger partial charge on any atom is -0.480 e. The normalized spacial score (nSPS) is 31.2. The lowest BCUT2D eigenvalue weighted by atomic mass is 9.66. The van der Waals surface area contributed by atoms with Gasteiger partial charge in [-0.25, -0.2) is 0 Å². The lowest BCUT2D eigenvalue weighted by molar-refractivity contribution is -0.140. The van der Waals surface area contributed by atoms with Crippen molar-refractivity contribution in [2.24, 2.45) is 5.92 Å². The second-order valence-electron chi connectivity index (χ2n) is 6.43. The number of carbonyl (C=O) groups excluding carboxylic acids is 1. The van der Waals surface area contributed by atoms with Gasteiger partial charge in [-0.3, -0.25) is 9.59 Å². The van der Waals surface area contributed by atoms with Crippen LogP contribution in [0.5, 0.6) is 0 Å². The molecule has 2 rings (SSSR count). The average molecular weight is 311 g/mol. The van der Waals surface area contributed by atoms with Crippen molar-refractivity contribution in [3.8, 4) is 0 Å². The van der Waals surface area contributed by atoms with E-state index in [2.05, 4.69) is 16.0 Å². The number of carboxylic acid groups (broad SMARTS) is 1. The molecule has 2 aliphatic heterocycles. The van der Waals surface area contributed by atoms with E-state index in [-0.39, 0.29) is 30.8 Å². The van der Waals surface area contributed by atoms with Crippen LogP contribution in [0, 0.1) is 5.92 Å². The Kier molecular flexibility index (Phi) is 6.22. The van der Waals surface area contributed by atoms with Gasteiger partial charge in [0.05, 0.1) is 6.04 Å². The molecule has 0 radical (unpaired) electrons. The molecule has 2 saturated heterocycles. The van der Waals surface area contributed by atoms with Gasteiger partial charge in [-0.15, -0.1) is 0 Å². The van der Waals surface area contributed by atoms with Gasteiger partial charge in [0.1, 0.15) is 6.04 Å². The quantitative estimate of drug-likeness (QED) is 0.397. The minimum atomic E-state index is -0.877. The third-order valence-electron chi connectivity index (χ3n) is 4.63. The van der Waals surface area contributed by atoms with Crippen LogP contribution in [0.25, 0.3) is 0 Å². The van der Waals surface area contributed by atoms with E-state index in [1.165, 1.54) is 0 Å². The first kappa shape index (κ1) is 17.2. The van der Waals surface area contributed by atoms with Crippen LogP contribution in [0.1, 0.15) is 25.7 Å². The average Bonchev–Trinajstić information content (AvgIpc) is 3.08. The lowest BCUT2D eigenvalue weighted by Gasteiger charge is -2.24. The summed E-state index contributed by atoms with van der Waals surface area (Å²) in [7, 11) is 0. The SMILES string of the molecule is CB(O)CCCC1C(NC(=O)C2CCCN2)CNC1C(=O)O. The number of hydrogen-bond acceptors (Lipinski definition) is 5. The maximum atomic E-state index is 12.2. The number of amides is 1. The second-order valence-corrected chi connectivity index (χ2v) is 6.43. The van der Waals surface area contributed by atoms with Gasteiger partial charge in [0, 0.05) is 18.5 Å². The smallest absolute Gasteiger partial charge is 0.321 e. The number of rotatable bonds is 7. The highest BCUT2D eigenvalue weighted by Gasteiger charge is 2.41. The number of nitrogens with one attached hydrogen (secondary N) is 3. The molecule has 1 amide bonds. The molecule has 0 bridgehead atoms. The first-order valence-corrected chi connectivity index (χ1v) is 8.17. The van der Waals surface area contributed by atoms with E-state index in [9.17, 15) is 19.7 Å². The Labute approximate surface area is 131 Å². The van der Waals surface area contributed by atoms with Gasteiger partial charge in [0.15, 0.2) is 0 Å². The van der Waals surface area contributed by atoms with E-state index in [0.717, 1.165) is 25.8 Å². The van der Waals surface area contributed by atoms with Gasteiger partial charge in [-0.05, 0) is 32.1 Å². The van der Waals surface area contributed by atoms with Crippen molar-refractivity contribution in [1.29, 1.82) is 0 Å². The number of aliphatic carboxylic acids is 1. The molecule has 5 N–H and O–H groups in total. The maximum Gasteiger partial charge on any atom is 0.321 e. The van der Waals surface area contributed by atoms with Crippen molar-refractivity contribution < 1.29 is 19.7 Å². The van der Waals surface area contributed by atoms with E-state index >= 15 is 0 Å². The maximum absolute atomic E-state index is 12.2. The van der Waals surface area contributed by atoms with Crippen molar-refractivity contribution in [2.45, 2.75) is 57.0 Å². The molecular weight excluding hydrogens is 285 g/mol. The van der Waals surface area contributed by atoms with Gasteiger partial charge in [-0.1, -0.05) is 13.2 Å². The molecule has 0 aromatic heterocycles. The molecule has 2 fully saturated rings. The molecule has 7 nitrogen and oxygen atoms in total. The lowest BCUT2D eigenvalue weighted by Crippen LogP contribution is -2.48. The Balaban J connectivity index is 1.91. The first-order valence-electron chi connectivity index (χ1n) is 8.17. The van der Waals surface area contributed by atoms with Crippen LogP contribution >= 0.6 is 0 Å². The van der Waals surface area contributed by atoms with Crippen molar-refractivity contribution in [3.63, 3.8) is 0 Å². The zero-order valence-corrected chi connectivity index (χ0v) is 13.0. The predicted octanol–water partition coefficient (Wildman–Crippen LogP) is -0.710. The second kappa shape index (κ2) is 7.94. The highest BCUT2D eigenvalue weighted by Crippen LogP contribution is 2.24. The molecule has 2 aliphatic rings. The van der Waals surface area contributed by atoms with E-state index in [1.54, 1.807) is 6.82 Å². The monoisotopic (exact) mass is 311 g/mol. The Hall–Kier alpha value is -1.12. The molecule has 0 spiro atoms. The zero-order valence-electron chi connectivity index (χ0n) is 13.0. The third-order valence-corrected chi connectivity index (χ3v) is 4.63. The van der Waals surface area contributed by atoms with Crippen LogP contribution < -0.4 is 16.0 Å². The summed E-state index contributed by atoms with van der Waals surface area (Å²) in [6.07, 6.45) is 3.91. The Bertz CT molecular complexity index is 402. The summed E-state index contributed by atoms with van der Waals surface area (Å²) in [4.78, 5) is 23.6. The molecule has 4 unspecified atom stereocenters. The Morgan fingerprint density at radius 3 is 2.73 bits per heavy atom. The summed E-state index contributed by atoms with van der Waals surface area (Å²) < 4.78 is 0. The summed E-state index contributed by atoms with van der Waals surface area (Å²) >= 11 is 0. The minimum absolute atomic E-state index is 0.0316. The van der Waals surface area contributed by atoms with Gasteiger partial charge in [-0.2, -0.15) is 0 Å². The fraction of sp³-hybridized carbons (Fsp3) is 0.857. The standard InChI is InChI=1S/C14H26BN3O4/c1-15(22)6-2-4-9-11(8-17-12(9)14(20)21)18-13(19)10-5-3-7-16-10/h9-12,16-17,22H,2-8H2,1H3,(H,18,19)(H,20,21). The van der Waals surface area contributed by atoms with E-state index in [4.69, 9.17) is 0 Å². The van der Waals surface area contributed by atoms with Crippen molar-refractivity contribution in [2.75, 3.05) is 13.1 Å². The first-order chi connectivity index (χ1) is 10.5. The summed E-state index contributed by atoms with van der Waals surface area (Å²) in [6, 6.07) is -0.942. The Morgan fingerprint density at radius 1 is 1.36 bits per heavy atom. The van der Waals surface area contributed by atoms with Crippen LogP contribution in [0.2, 0.25) is 13.1 Å². The molecule has 22 heavy (non-hydrogen) atoms. The third kappa shape index (κ3) is 4.44. The fourth-order valence-electron chi connectivity index (χ4n) is 3.43. The number of carboxylic acids is 1. The number of carbonyl (C=O) groups is 2. The molecule has 124 valence electrons. The topological polar surface area (TPSA) is 111 Å². The molecular formula is C14H26BN3O4. The molecule has 4 atom stereocenters. The van der Waals surface area contributed by atoms with Gasteiger partial charge in [0.25, 0.3) is 6.92 Å². The fourth-order valence-corrected chi connectivity index (χ4v) is 3.43. The summed E-state index contributed by atoms with van der Waals surface area (Å²) in [5.41, 5.74) is 0. The van der Waals surface area contributed by atoms with Gasteiger partial charge in [0.2, 0.25) is 5.91 Å². The summed E-state index contributed by atoms with van der Waals surface area (Å²) in [5.74, 6) is -1.05. The van der Waals surface area contributed by atoms with Crippen molar-refractivity contribution >= 4 is 18.8 Å². The molecule has 0 aliphatic carbocycles. The highest BCUT2D eigenvalue weighted by molar-refractivity contribution is 6.48. The largest absolute Gasteiger partial charge is 0.480 e. The zero-order chi connectivity index (χ0) is 16.1. The van der Waals surface area contributed by atoms with Crippen LogP contribution in [-0.2, 0) is 9.59 Å². The number of hydrogen-bond donors (Lipinski definition) is 5. The van der Waals surface area contributed by atoms with E-state index < -0.39 is 12.0 Å². The molecule has 8 heteroatoms. The molecule has 0 saturated carbocycles. The molecule has 0 aromatic carbocycles.